The maximum absolute atomic E-state index is 13.6. The zero-order valence-corrected chi connectivity index (χ0v) is 14.4. The number of rotatable bonds is 3. The SMILES string of the molecule is C[C@H](NC(=S)N[C@H]1CCCOc2ccc(F)cc21)c1ccccc1. The summed E-state index contributed by atoms with van der Waals surface area (Å²) < 4.78 is 19.3. The maximum Gasteiger partial charge on any atom is 0.167 e. The fraction of sp³-hybridized carbons (Fsp3) is 0.316. The Bertz CT molecular complexity index is 708. The van der Waals surface area contributed by atoms with E-state index in [-0.39, 0.29) is 17.9 Å². The Kier molecular flexibility index (Phi) is 5.30. The van der Waals surface area contributed by atoms with E-state index in [2.05, 4.69) is 29.7 Å². The topological polar surface area (TPSA) is 33.3 Å². The highest BCUT2D eigenvalue weighted by Crippen LogP contribution is 2.32. The molecule has 2 aromatic rings. The Hall–Kier alpha value is -2.14. The van der Waals surface area contributed by atoms with Crippen molar-refractivity contribution >= 4 is 17.3 Å². The number of halogens is 1. The third-order valence-electron chi connectivity index (χ3n) is 4.19. The number of thiocarbonyl (C=S) groups is 1. The lowest BCUT2D eigenvalue weighted by Crippen LogP contribution is -2.39. The van der Waals surface area contributed by atoms with Crippen LogP contribution in [-0.2, 0) is 0 Å². The fourth-order valence-corrected chi connectivity index (χ4v) is 3.24. The van der Waals surface area contributed by atoms with Gasteiger partial charge in [0.05, 0.1) is 18.7 Å². The summed E-state index contributed by atoms with van der Waals surface area (Å²) in [5.41, 5.74) is 1.99. The first kappa shape index (κ1) is 16.7. The molecule has 0 unspecified atom stereocenters. The van der Waals surface area contributed by atoms with Gasteiger partial charge in [-0.15, -0.1) is 0 Å². The number of hydrogen-bond acceptors (Lipinski definition) is 2. The van der Waals surface area contributed by atoms with Gasteiger partial charge in [-0.05, 0) is 55.7 Å². The summed E-state index contributed by atoms with van der Waals surface area (Å²) in [6.07, 6.45) is 1.74. The largest absolute Gasteiger partial charge is 0.493 e. The molecule has 0 bridgehead atoms. The normalized spacial score (nSPS) is 17.8. The molecular weight excluding hydrogens is 323 g/mol. The molecule has 5 heteroatoms. The second-order valence-corrected chi connectivity index (χ2v) is 6.38. The highest BCUT2D eigenvalue weighted by molar-refractivity contribution is 7.80. The molecule has 2 atom stereocenters. The summed E-state index contributed by atoms with van der Waals surface area (Å²) >= 11 is 5.46. The van der Waals surface area contributed by atoms with E-state index in [0.29, 0.717) is 11.7 Å². The van der Waals surface area contributed by atoms with E-state index in [1.165, 1.54) is 12.1 Å². The van der Waals surface area contributed by atoms with Crippen molar-refractivity contribution in [2.75, 3.05) is 6.61 Å². The van der Waals surface area contributed by atoms with E-state index in [9.17, 15) is 4.39 Å². The van der Waals surface area contributed by atoms with Crippen LogP contribution in [0.5, 0.6) is 5.75 Å². The van der Waals surface area contributed by atoms with Gasteiger partial charge in [-0.2, -0.15) is 0 Å². The van der Waals surface area contributed by atoms with Crippen molar-refractivity contribution in [1.82, 2.24) is 10.6 Å². The predicted octanol–water partition coefficient (Wildman–Crippen LogP) is 4.26. The van der Waals surface area contributed by atoms with Gasteiger partial charge in [0.25, 0.3) is 0 Å². The quantitative estimate of drug-likeness (QED) is 0.815. The van der Waals surface area contributed by atoms with E-state index in [1.807, 2.05) is 18.2 Å². The number of benzene rings is 2. The van der Waals surface area contributed by atoms with Gasteiger partial charge in [-0.1, -0.05) is 30.3 Å². The van der Waals surface area contributed by atoms with Crippen molar-refractivity contribution in [1.29, 1.82) is 0 Å². The van der Waals surface area contributed by atoms with Crippen LogP contribution in [0.4, 0.5) is 4.39 Å². The first-order valence-corrected chi connectivity index (χ1v) is 8.58. The number of hydrogen-bond donors (Lipinski definition) is 2. The highest BCUT2D eigenvalue weighted by Gasteiger charge is 2.21. The molecule has 3 rings (SSSR count). The van der Waals surface area contributed by atoms with Crippen LogP contribution in [0.1, 0.15) is 43.0 Å². The molecule has 0 aliphatic carbocycles. The molecule has 0 aromatic heterocycles. The molecule has 0 saturated carbocycles. The van der Waals surface area contributed by atoms with Gasteiger partial charge in [0, 0.05) is 5.56 Å². The van der Waals surface area contributed by atoms with Crippen molar-refractivity contribution in [2.45, 2.75) is 31.8 Å². The minimum Gasteiger partial charge on any atom is -0.493 e. The Morgan fingerprint density at radius 3 is 2.83 bits per heavy atom. The summed E-state index contributed by atoms with van der Waals surface area (Å²) in [6, 6.07) is 14.8. The second-order valence-electron chi connectivity index (χ2n) is 5.98. The average Bonchev–Trinajstić information content (AvgIpc) is 2.78. The molecule has 0 amide bonds. The first-order chi connectivity index (χ1) is 11.6. The molecule has 1 heterocycles. The summed E-state index contributed by atoms with van der Waals surface area (Å²) in [6.45, 7) is 2.70. The van der Waals surface area contributed by atoms with Gasteiger partial charge in [0.2, 0.25) is 0 Å². The van der Waals surface area contributed by atoms with Crippen LogP contribution in [0, 0.1) is 5.82 Å². The molecule has 0 saturated heterocycles. The van der Waals surface area contributed by atoms with Crippen molar-refractivity contribution < 1.29 is 9.13 Å². The molecule has 1 aliphatic rings. The molecule has 24 heavy (non-hydrogen) atoms. The second kappa shape index (κ2) is 7.62. The van der Waals surface area contributed by atoms with Crippen LogP contribution in [0.25, 0.3) is 0 Å². The Labute approximate surface area is 147 Å². The van der Waals surface area contributed by atoms with Crippen molar-refractivity contribution in [3.05, 3.63) is 65.5 Å². The van der Waals surface area contributed by atoms with Crippen molar-refractivity contribution in [2.24, 2.45) is 0 Å². The smallest absolute Gasteiger partial charge is 0.167 e. The zero-order valence-electron chi connectivity index (χ0n) is 13.6. The van der Waals surface area contributed by atoms with Crippen LogP contribution in [0.3, 0.4) is 0 Å². The van der Waals surface area contributed by atoms with Crippen LogP contribution in [0.15, 0.2) is 48.5 Å². The van der Waals surface area contributed by atoms with E-state index < -0.39 is 0 Å². The number of ether oxygens (including phenoxy) is 1. The minimum atomic E-state index is -0.261. The lowest BCUT2D eigenvalue weighted by atomic mass is 10.0. The number of fused-ring (bicyclic) bond motifs is 1. The molecule has 2 aromatic carbocycles. The van der Waals surface area contributed by atoms with Crippen LogP contribution >= 0.6 is 12.2 Å². The number of nitrogens with one attached hydrogen (secondary N) is 2. The molecular formula is C19H21FN2OS. The minimum absolute atomic E-state index is 0.0545. The third-order valence-corrected chi connectivity index (χ3v) is 4.43. The van der Waals surface area contributed by atoms with Crippen LogP contribution in [-0.4, -0.2) is 11.7 Å². The summed E-state index contributed by atoms with van der Waals surface area (Å²) in [7, 11) is 0. The zero-order chi connectivity index (χ0) is 16.9. The lowest BCUT2D eigenvalue weighted by molar-refractivity contribution is 0.315. The molecule has 2 N–H and O–H groups in total. The fourth-order valence-electron chi connectivity index (χ4n) is 2.92. The standard InChI is InChI=1S/C19H21FN2OS/c1-13(14-6-3-2-4-7-14)21-19(24)22-17-8-5-11-23-18-10-9-15(20)12-16(17)18/h2-4,6-7,9-10,12-13,17H,5,8,11H2,1H3,(H2,21,22,24)/t13-,17-/m0/s1. The summed E-state index contributed by atoms with van der Waals surface area (Å²) in [4.78, 5) is 0. The van der Waals surface area contributed by atoms with Gasteiger partial charge in [-0.25, -0.2) is 4.39 Å². The van der Waals surface area contributed by atoms with Gasteiger partial charge < -0.3 is 15.4 Å². The molecule has 3 nitrogen and oxygen atoms in total. The lowest BCUT2D eigenvalue weighted by Gasteiger charge is -2.23. The molecule has 0 fully saturated rings. The van der Waals surface area contributed by atoms with E-state index in [0.717, 1.165) is 29.7 Å². The molecule has 1 aliphatic heterocycles. The maximum atomic E-state index is 13.6. The summed E-state index contributed by atoms with van der Waals surface area (Å²) in [5, 5.41) is 7.18. The van der Waals surface area contributed by atoms with Crippen molar-refractivity contribution in [3.63, 3.8) is 0 Å². The van der Waals surface area contributed by atoms with Crippen LogP contribution in [0.2, 0.25) is 0 Å². The van der Waals surface area contributed by atoms with Gasteiger partial charge >= 0.3 is 0 Å². The van der Waals surface area contributed by atoms with Crippen LogP contribution < -0.4 is 15.4 Å². The molecule has 126 valence electrons. The van der Waals surface area contributed by atoms with Gasteiger partial charge in [-0.3, -0.25) is 0 Å². The van der Waals surface area contributed by atoms with E-state index in [1.54, 1.807) is 6.07 Å². The average molecular weight is 344 g/mol. The Morgan fingerprint density at radius 1 is 1.25 bits per heavy atom. The van der Waals surface area contributed by atoms with Gasteiger partial charge in [0.15, 0.2) is 5.11 Å². The van der Waals surface area contributed by atoms with E-state index >= 15 is 0 Å². The predicted molar refractivity (Wildman–Crippen MR) is 97.6 cm³/mol. The highest BCUT2D eigenvalue weighted by atomic mass is 32.1. The monoisotopic (exact) mass is 344 g/mol. The third kappa shape index (κ3) is 4.03. The Morgan fingerprint density at radius 2 is 2.04 bits per heavy atom. The van der Waals surface area contributed by atoms with Gasteiger partial charge in [0.1, 0.15) is 11.6 Å². The molecule has 0 spiro atoms. The Balaban J connectivity index is 1.69. The van der Waals surface area contributed by atoms with E-state index in [4.69, 9.17) is 17.0 Å². The van der Waals surface area contributed by atoms with Crippen molar-refractivity contribution in [3.8, 4) is 5.75 Å². The first-order valence-electron chi connectivity index (χ1n) is 8.17. The molecule has 0 radical (unpaired) electrons. The summed E-state index contributed by atoms with van der Waals surface area (Å²) in [5.74, 6) is 0.466.